The first-order valence-corrected chi connectivity index (χ1v) is 12.1. The minimum absolute atomic E-state index is 0.133. The van der Waals surface area contributed by atoms with Gasteiger partial charge in [-0.25, -0.2) is 4.39 Å². The van der Waals surface area contributed by atoms with Crippen LogP contribution in [0.25, 0.3) is 11.1 Å². The number of hydrogen-bond acceptors (Lipinski definition) is 1. The summed E-state index contributed by atoms with van der Waals surface area (Å²) >= 11 is 0. The fraction of sp³-hybridized carbons (Fsp3) is 0.419. The third-order valence-electron chi connectivity index (χ3n) is 5.16. The molecule has 0 atom stereocenters. The number of benzene rings is 2. The number of aryl methyl sites for hydroxylation is 3. The number of nitrogens with one attached hydrogen (secondary N) is 1. The van der Waals surface area contributed by atoms with Crippen LogP contribution in [0, 0.1) is 25.6 Å². The summed E-state index contributed by atoms with van der Waals surface area (Å²) in [6, 6.07) is 11.2. The van der Waals surface area contributed by atoms with E-state index >= 15 is 0 Å². The molecule has 0 aromatic heterocycles. The van der Waals surface area contributed by atoms with Crippen LogP contribution in [0.5, 0.6) is 0 Å². The van der Waals surface area contributed by atoms with Crippen molar-refractivity contribution in [2.24, 2.45) is 5.92 Å². The van der Waals surface area contributed by atoms with Crippen LogP contribution in [-0.4, -0.2) is 7.05 Å². The highest BCUT2D eigenvalue weighted by molar-refractivity contribution is 5.78. The number of halogens is 1. The third kappa shape index (κ3) is 12.3. The molecular formula is C31H46FN. The Hall–Kier alpha value is -2.61. The second-order valence-electron chi connectivity index (χ2n) is 8.92. The Morgan fingerprint density at radius 1 is 1.03 bits per heavy atom. The minimum Gasteiger partial charge on any atom is -0.393 e. The van der Waals surface area contributed by atoms with Crippen LogP contribution >= 0.6 is 0 Å². The van der Waals surface area contributed by atoms with E-state index < -0.39 is 0 Å². The van der Waals surface area contributed by atoms with E-state index in [2.05, 4.69) is 72.1 Å². The van der Waals surface area contributed by atoms with Crippen molar-refractivity contribution in [1.82, 2.24) is 5.32 Å². The first kappa shape index (κ1) is 30.4. The third-order valence-corrected chi connectivity index (χ3v) is 5.16. The van der Waals surface area contributed by atoms with Gasteiger partial charge in [0.05, 0.1) is 0 Å². The molecule has 0 unspecified atom stereocenters. The van der Waals surface area contributed by atoms with Gasteiger partial charge in [-0.05, 0) is 78.6 Å². The van der Waals surface area contributed by atoms with E-state index in [1.165, 1.54) is 41.2 Å². The van der Waals surface area contributed by atoms with Gasteiger partial charge < -0.3 is 5.32 Å². The maximum atomic E-state index is 12.5. The molecule has 33 heavy (non-hydrogen) atoms. The highest BCUT2D eigenvalue weighted by Gasteiger charge is 2.07. The van der Waals surface area contributed by atoms with Crippen molar-refractivity contribution in [2.45, 2.75) is 74.1 Å². The highest BCUT2D eigenvalue weighted by atomic mass is 19.1. The highest BCUT2D eigenvalue weighted by Crippen LogP contribution is 2.26. The van der Waals surface area contributed by atoms with Gasteiger partial charge in [-0.15, -0.1) is 0 Å². The van der Waals surface area contributed by atoms with Gasteiger partial charge >= 0.3 is 0 Å². The lowest BCUT2D eigenvalue weighted by Crippen LogP contribution is -1.98. The Morgan fingerprint density at radius 3 is 2.06 bits per heavy atom. The second kappa shape index (κ2) is 16.9. The molecule has 0 heterocycles. The molecule has 0 fully saturated rings. The molecule has 0 spiro atoms. The maximum Gasteiger partial charge on any atom is 0.123 e. The molecule has 2 aromatic carbocycles. The minimum atomic E-state index is -0.133. The fourth-order valence-corrected chi connectivity index (χ4v) is 3.55. The summed E-state index contributed by atoms with van der Waals surface area (Å²) in [7, 11) is 1.90. The zero-order chi connectivity index (χ0) is 25.4. The molecule has 0 bridgehead atoms. The molecule has 0 radical (unpaired) electrons. The molecule has 0 saturated carbocycles. The standard InChI is InChI=1S/C16H21N.C9H11F.C6H14/c1-7-14(10-17-6)16-9-12(4)15(11(2)3)8-13(16)5;1-2-4-8-5-3-6-9(10)7-8;1-4-5-6(2)3/h7-10,17H,1-2H2,3-6H3;3,5-7H,2,4H2,1H3;6H,4-5H2,1-3H3/b14-10+;;. The van der Waals surface area contributed by atoms with Gasteiger partial charge in [0, 0.05) is 13.2 Å². The Labute approximate surface area is 203 Å². The van der Waals surface area contributed by atoms with Crippen molar-refractivity contribution in [3.8, 4) is 0 Å². The summed E-state index contributed by atoms with van der Waals surface area (Å²) in [6.07, 6.45) is 8.59. The van der Waals surface area contributed by atoms with E-state index in [0.29, 0.717) is 0 Å². The lowest BCUT2D eigenvalue weighted by atomic mass is 9.93. The summed E-state index contributed by atoms with van der Waals surface area (Å²) in [5.41, 5.74) is 8.26. The molecule has 0 amide bonds. The van der Waals surface area contributed by atoms with E-state index in [9.17, 15) is 4.39 Å². The van der Waals surface area contributed by atoms with Crippen molar-refractivity contribution in [3.63, 3.8) is 0 Å². The lowest BCUT2D eigenvalue weighted by molar-refractivity contribution is 0.576. The predicted molar refractivity (Wildman–Crippen MR) is 148 cm³/mol. The number of rotatable bonds is 8. The zero-order valence-corrected chi connectivity index (χ0v) is 22.3. The van der Waals surface area contributed by atoms with Crippen LogP contribution in [0.2, 0.25) is 0 Å². The molecule has 1 N–H and O–H groups in total. The lowest BCUT2D eigenvalue weighted by Gasteiger charge is -2.13. The zero-order valence-electron chi connectivity index (χ0n) is 22.3. The van der Waals surface area contributed by atoms with Gasteiger partial charge in [0.25, 0.3) is 0 Å². The van der Waals surface area contributed by atoms with Crippen molar-refractivity contribution >= 4 is 11.1 Å². The van der Waals surface area contributed by atoms with Gasteiger partial charge in [-0.3, -0.25) is 0 Å². The number of allylic oxidation sites excluding steroid dienone is 3. The summed E-state index contributed by atoms with van der Waals surface area (Å²) in [4.78, 5) is 0. The average Bonchev–Trinajstić information content (AvgIpc) is 2.74. The Morgan fingerprint density at radius 2 is 1.64 bits per heavy atom. The molecule has 182 valence electrons. The van der Waals surface area contributed by atoms with Gasteiger partial charge in [-0.2, -0.15) is 0 Å². The van der Waals surface area contributed by atoms with Gasteiger partial charge in [0.15, 0.2) is 0 Å². The van der Waals surface area contributed by atoms with Crippen LogP contribution in [0.1, 0.15) is 81.7 Å². The Kier molecular flexibility index (Phi) is 15.6. The molecule has 0 aliphatic rings. The van der Waals surface area contributed by atoms with Crippen LogP contribution in [0.15, 0.2) is 61.8 Å². The van der Waals surface area contributed by atoms with E-state index in [-0.39, 0.29) is 5.82 Å². The smallest absolute Gasteiger partial charge is 0.123 e. The maximum absolute atomic E-state index is 12.5. The van der Waals surface area contributed by atoms with Crippen molar-refractivity contribution in [1.29, 1.82) is 0 Å². The predicted octanol–water partition coefficient (Wildman–Crippen LogP) is 9.30. The molecule has 2 aromatic rings. The first-order valence-electron chi connectivity index (χ1n) is 12.1. The van der Waals surface area contributed by atoms with Crippen molar-refractivity contribution < 1.29 is 4.39 Å². The second-order valence-corrected chi connectivity index (χ2v) is 8.92. The molecule has 2 heteroatoms. The summed E-state index contributed by atoms with van der Waals surface area (Å²) in [6.45, 7) is 23.0. The first-order chi connectivity index (χ1) is 15.6. The van der Waals surface area contributed by atoms with E-state index in [4.69, 9.17) is 0 Å². The summed E-state index contributed by atoms with van der Waals surface area (Å²) in [5.74, 6) is 0.765. The van der Waals surface area contributed by atoms with Gasteiger partial charge in [-0.1, -0.05) is 96.0 Å². The van der Waals surface area contributed by atoms with E-state index in [0.717, 1.165) is 35.5 Å². The van der Waals surface area contributed by atoms with E-state index in [1.54, 1.807) is 12.1 Å². The van der Waals surface area contributed by atoms with Crippen LogP contribution in [0.3, 0.4) is 0 Å². The normalized spacial score (nSPS) is 10.5. The summed E-state index contributed by atoms with van der Waals surface area (Å²) < 4.78 is 12.5. The molecule has 0 saturated heterocycles. The Bertz CT molecular complexity index is 890. The molecule has 1 nitrogen and oxygen atoms in total. The van der Waals surface area contributed by atoms with Crippen molar-refractivity contribution in [3.05, 3.63) is 95.5 Å². The largest absolute Gasteiger partial charge is 0.393 e. The molecule has 0 aliphatic heterocycles. The molecule has 0 aliphatic carbocycles. The quantitative estimate of drug-likeness (QED) is 0.394. The monoisotopic (exact) mass is 451 g/mol. The van der Waals surface area contributed by atoms with Gasteiger partial charge in [0.1, 0.15) is 5.82 Å². The summed E-state index contributed by atoms with van der Waals surface area (Å²) in [5, 5.41) is 3.05. The van der Waals surface area contributed by atoms with Gasteiger partial charge in [0.2, 0.25) is 0 Å². The van der Waals surface area contributed by atoms with Crippen LogP contribution in [0.4, 0.5) is 4.39 Å². The SMILES string of the molecule is C=C/C(=C\NC)c1cc(C)c(C(=C)C)cc1C.CCCC(C)C.CCCc1cccc(F)c1. The molecular weight excluding hydrogens is 405 g/mol. The molecule has 2 rings (SSSR count). The van der Waals surface area contributed by atoms with Crippen molar-refractivity contribution in [2.75, 3.05) is 7.05 Å². The van der Waals surface area contributed by atoms with Crippen LogP contribution < -0.4 is 5.32 Å². The number of hydrogen-bond donors (Lipinski definition) is 1. The Balaban J connectivity index is 0.000000538. The fourth-order valence-electron chi connectivity index (χ4n) is 3.55. The topological polar surface area (TPSA) is 12.0 Å². The average molecular weight is 452 g/mol. The van der Waals surface area contributed by atoms with Crippen LogP contribution in [-0.2, 0) is 6.42 Å². The van der Waals surface area contributed by atoms with E-state index in [1.807, 2.05) is 32.3 Å².